The molecular weight excluding hydrogens is 446 g/mol. The quantitative estimate of drug-likeness (QED) is 0.663. The zero-order chi connectivity index (χ0) is 23.6. The fraction of sp³-hybridized carbons (Fsp3) is 0.391. The number of hydrogen-bond donors (Lipinski definition) is 2. The van der Waals surface area contributed by atoms with Crippen LogP contribution in [0.1, 0.15) is 30.9 Å². The Morgan fingerprint density at radius 3 is 2.48 bits per heavy atom. The van der Waals surface area contributed by atoms with Gasteiger partial charge in [-0.1, -0.05) is 38.1 Å². The number of nitrogens with one attached hydrogen (secondary N) is 2. The first-order chi connectivity index (χ1) is 15.8. The van der Waals surface area contributed by atoms with Crippen LogP contribution in [0, 0.1) is 11.3 Å². The van der Waals surface area contributed by atoms with Gasteiger partial charge in [0, 0.05) is 5.69 Å². The SMILES string of the molecule is CC(C)c1ccc(NC(=O)O[C@H]2CO[C@@H]3[C@@H]2OC[C@@H]3NS(=O)(=O)c2ccccc2C#N)cc1. The Bertz CT molecular complexity index is 1160. The number of nitrogens with zero attached hydrogens (tertiary/aromatic N) is 1. The Morgan fingerprint density at radius 2 is 1.79 bits per heavy atom. The molecule has 4 atom stereocenters. The number of ether oxygens (including phenoxy) is 3. The summed E-state index contributed by atoms with van der Waals surface area (Å²) in [6, 6.07) is 14.7. The molecule has 4 rings (SSSR count). The van der Waals surface area contributed by atoms with E-state index >= 15 is 0 Å². The predicted octanol–water partition coefficient (Wildman–Crippen LogP) is 2.74. The summed E-state index contributed by atoms with van der Waals surface area (Å²) in [6.07, 6.45) is -2.53. The van der Waals surface area contributed by atoms with Crippen LogP contribution in [0.25, 0.3) is 0 Å². The van der Waals surface area contributed by atoms with Crippen LogP contribution in [0.5, 0.6) is 0 Å². The van der Waals surface area contributed by atoms with Gasteiger partial charge >= 0.3 is 6.09 Å². The summed E-state index contributed by atoms with van der Waals surface area (Å²) in [5.41, 5.74) is 1.81. The Morgan fingerprint density at radius 1 is 1.09 bits per heavy atom. The van der Waals surface area contributed by atoms with Crippen molar-refractivity contribution in [2.24, 2.45) is 0 Å². The molecule has 2 fully saturated rings. The van der Waals surface area contributed by atoms with Gasteiger partial charge in [0.2, 0.25) is 10.0 Å². The highest BCUT2D eigenvalue weighted by atomic mass is 32.2. The summed E-state index contributed by atoms with van der Waals surface area (Å²) in [7, 11) is -3.97. The van der Waals surface area contributed by atoms with Gasteiger partial charge in [-0.2, -0.15) is 5.26 Å². The van der Waals surface area contributed by atoms with E-state index in [1.807, 2.05) is 18.2 Å². The fourth-order valence-electron chi connectivity index (χ4n) is 3.96. The summed E-state index contributed by atoms with van der Waals surface area (Å²) in [5.74, 6) is 0.386. The highest BCUT2D eigenvalue weighted by molar-refractivity contribution is 7.89. The minimum Gasteiger partial charge on any atom is -0.441 e. The first-order valence-corrected chi connectivity index (χ1v) is 12.1. The van der Waals surface area contributed by atoms with Crippen LogP contribution in [-0.4, -0.2) is 52.1 Å². The number of sulfonamides is 1. The zero-order valence-electron chi connectivity index (χ0n) is 18.2. The lowest BCUT2D eigenvalue weighted by Crippen LogP contribution is -2.44. The molecule has 2 aliphatic heterocycles. The number of rotatable bonds is 6. The molecule has 2 aliphatic rings. The van der Waals surface area contributed by atoms with Crippen molar-refractivity contribution in [3.05, 3.63) is 59.7 Å². The molecule has 2 aromatic rings. The third-order valence-corrected chi connectivity index (χ3v) is 7.24. The molecule has 9 nitrogen and oxygen atoms in total. The van der Waals surface area contributed by atoms with Crippen LogP contribution in [0.4, 0.5) is 10.5 Å². The van der Waals surface area contributed by atoms with Gasteiger partial charge in [-0.25, -0.2) is 17.9 Å². The molecule has 0 aliphatic carbocycles. The van der Waals surface area contributed by atoms with Gasteiger partial charge in [0.25, 0.3) is 0 Å². The maximum absolute atomic E-state index is 12.8. The van der Waals surface area contributed by atoms with Crippen molar-refractivity contribution < 1.29 is 27.4 Å². The zero-order valence-corrected chi connectivity index (χ0v) is 19.0. The third kappa shape index (κ3) is 5.02. The van der Waals surface area contributed by atoms with Crippen LogP contribution < -0.4 is 10.0 Å². The van der Waals surface area contributed by atoms with Crippen LogP contribution in [0.2, 0.25) is 0 Å². The van der Waals surface area contributed by atoms with Gasteiger partial charge < -0.3 is 14.2 Å². The molecule has 10 heteroatoms. The van der Waals surface area contributed by atoms with Crippen molar-refractivity contribution in [1.29, 1.82) is 5.26 Å². The maximum Gasteiger partial charge on any atom is 0.412 e. The van der Waals surface area contributed by atoms with Gasteiger partial charge in [-0.05, 0) is 35.7 Å². The lowest BCUT2D eigenvalue weighted by molar-refractivity contribution is 0.00883. The van der Waals surface area contributed by atoms with Gasteiger partial charge in [0.1, 0.15) is 18.3 Å². The molecule has 174 valence electrons. The summed E-state index contributed by atoms with van der Waals surface area (Å²) in [5, 5.41) is 11.9. The number of carbonyl (C=O) groups excluding carboxylic acids is 1. The molecule has 2 saturated heterocycles. The Balaban J connectivity index is 1.36. The first-order valence-electron chi connectivity index (χ1n) is 10.6. The summed E-state index contributed by atoms with van der Waals surface area (Å²) < 4.78 is 45.1. The smallest absolute Gasteiger partial charge is 0.412 e. The average molecular weight is 472 g/mol. The number of anilines is 1. The highest BCUT2D eigenvalue weighted by Crippen LogP contribution is 2.30. The van der Waals surface area contributed by atoms with Crippen molar-refractivity contribution in [3.63, 3.8) is 0 Å². The standard InChI is InChI=1S/C23H25N3O6S/c1-14(2)15-7-9-17(10-8-15)25-23(27)32-19-13-31-21-18(12-30-22(19)21)26-33(28,29)20-6-4-3-5-16(20)11-24/h3-10,14,18-19,21-22,26H,12-13H2,1-2H3,(H,25,27)/t18-,19-,21-,22+/m0/s1. The number of hydrogen-bond acceptors (Lipinski definition) is 7. The van der Waals surface area contributed by atoms with Crippen LogP contribution in [-0.2, 0) is 24.2 Å². The van der Waals surface area contributed by atoms with Crippen molar-refractivity contribution in [2.75, 3.05) is 18.5 Å². The molecule has 0 spiro atoms. The van der Waals surface area contributed by atoms with Crippen LogP contribution in [0.15, 0.2) is 53.4 Å². The number of fused-ring (bicyclic) bond motifs is 1. The van der Waals surface area contributed by atoms with E-state index in [2.05, 4.69) is 23.9 Å². The topological polar surface area (TPSA) is 127 Å². The molecule has 2 N–H and O–H groups in total. The second-order valence-corrected chi connectivity index (χ2v) is 9.96. The minimum absolute atomic E-state index is 0.0483. The van der Waals surface area contributed by atoms with Gasteiger partial charge in [-0.3, -0.25) is 5.32 Å². The summed E-state index contributed by atoms with van der Waals surface area (Å²) in [4.78, 5) is 12.2. The molecule has 0 saturated carbocycles. The van der Waals surface area contributed by atoms with E-state index in [9.17, 15) is 18.5 Å². The number of nitriles is 1. The van der Waals surface area contributed by atoms with Gasteiger partial charge in [-0.15, -0.1) is 0 Å². The lowest BCUT2D eigenvalue weighted by Gasteiger charge is -2.18. The fourth-order valence-corrected chi connectivity index (χ4v) is 5.35. The van der Waals surface area contributed by atoms with Gasteiger partial charge in [0.05, 0.1) is 29.7 Å². The van der Waals surface area contributed by atoms with E-state index in [0.717, 1.165) is 5.56 Å². The Labute approximate surface area is 192 Å². The maximum atomic E-state index is 12.8. The number of amides is 1. The summed E-state index contributed by atoms with van der Waals surface area (Å²) >= 11 is 0. The van der Waals surface area contributed by atoms with Crippen molar-refractivity contribution >= 4 is 21.8 Å². The molecular formula is C23H25N3O6S. The first kappa shape index (κ1) is 23.2. The van der Waals surface area contributed by atoms with Crippen molar-refractivity contribution in [2.45, 2.75) is 49.0 Å². The molecule has 0 aromatic heterocycles. The van der Waals surface area contributed by atoms with E-state index in [1.54, 1.807) is 24.3 Å². The average Bonchev–Trinajstić information content (AvgIpc) is 3.37. The van der Waals surface area contributed by atoms with E-state index < -0.39 is 40.5 Å². The minimum atomic E-state index is -3.97. The second-order valence-electron chi connectivity index (χ2n) is 8.28. The van der Waals surface area contributed by atoms with Gasteiger partial charge in [0.15, 0.2) is 6.10 Å². The summed E-state index contributed by atoms with van der Waals surface area (Å²) in [6.45, 7) is 4.32. The Kier molecular flexibility index (Phi) is 6.67. The van der Waals surface area contributed by atoms with Crippen LogP contribution >= 0.6 is 0 Å². The largest absolute Gasteiger partial charge is 0.441 e. The normalized spacial score (nSPS) is 24.3. The van der Waals surface area contributed by atoms with Crippen molar-refractivity contribution in [1.82, 2.24) is 4.72 Å². The molecule has 0 bridgehead atoms. The molecule has 0 unspecified atom stereocenters. The van der Waals surface area contributed by atoms with Crippen molar-refractivity contribution in [3.8, 4) is 6.07 Å². The lowest BCUT2D eigenvalue weighted by atomic mass is 10.0. The van der Waals surface area contributed by atoms with E-state index in [4.69, 9.17) is 14.2 Å². The second kappa shape index (κ2) is 9.49. The van der Waals surface area contributed by atoms with Crippen LogP contribution in [0.3, 0.4) is 0 Å². The monoisotopic (exact) mass is 471 g/mol. The molecule has 1 amide bonds. The van der Waals surface area contributed by atoms with E-state index in [0.29, 0.717) is 11.6 Å². The van der Waals surface area contributed by atoms with E-state index in [1.165, 1.54) is 12.1 Å². The van der Waals surface area contributed by atoms with E-state index in [-0.39, 0.29) is 23.7 Å². The molecule has 0 radical (unpaired) electrons. The highest BCUT2D eigenvalue weighted by Gasteiger charge is 2.50. The third-order valence-electron chi connectivity index (χ3n) is 5.69. The molecule has 33 heavy (non-hydrogen) atoms. The Hall–Kier alpha value is -2.97. The number of benzene rings is 2. The predicted molar refractivity (Wildman–Crippen MR) is 119 cm³/mol. The number of carbonyl (C=O) groups is 1. The molecule has 2 aromatic carbocycles. The molecule has 2 heterocycles.